The molecule has 0 amide bonds. The summed E-state index contributed by atoms with van der Waals surface area (Å²) < 4.78 is 2.29. The van der Waals surface area contributed by atoms with Crippen LogP contribution in [0.5, 0.6) is 0 Å². The van der Waals surface area contributed by atoms with Crippen LogP contribution in [-0.4, -0.2) is 22.6 Å². The first-order valence-corrected chi connectivity index (χ1v) is 10.5. The molecule has 4 heteroatoms. The Hall–Kier alpha value is -3.42. The summed E-state index contributed by atoms with van der Waals surface area (Å²) in [6, 6.07) is 20.9. The van der Waals surface area contributed by atoms with Gasteiger partial charge in [0.2, 0.25) is 0 Å². The molecule has 1 aliphatic rings. The second kappa shape index (κ2) is 7.78. The highest BCUT2D eigenvalue weighted by Crippen LogP contribution is 2.38. The Kier molecular flexibility index (Phi) is 4.82. The van der Waals surface area contributed by atoms with Crippen LogP contribution in [-0.2, 0) is 6.54 Å². The van der Waals surface area contributed by atoms with E-state index in [1.165, 1.54) is 17.5 Å². The minimum absolute atomic E-state index is 0.650. The number of pyridine rings is 1. The molecule has 0 spiro atoms. The average molecular weight is 393 g/mol. The maximum absolute atomic E-state index is 9.20. The van der Waals surface area contributed by atoms with Crippen molar-refractivity contribution in [2.24, 2.45) is 5.92 Å². The van der Waals surface area contributed by atoms with E-state index in [1.807, 2.05) is 30.5 Å². The Morgan fingerprint density at radius 2 is 1.83 bits per heavy atom. The van der Waals surface area contributed by atoms with E-state index < -0.39 is 0 Å². The van der Waals surface area contributed by atoms with E-state index in [4.69, 9.17) is 4.98 Å². The number of rotatable bonds is 4. The van der Waals surface area contributed by atoms with Gasteiger partial charge in [0.1, 0.15) is 5.65 Å². The van der Waals surface area contributed by atoms with E-state index in [0.29, 0.717) is 11.5 Å². The van der Waals surface area contributed by atoms with Crippen molar-refractivity contribution in [2.45, 2.75) is 19.9 Å². The van der Waals surface area contributed by atoms with Gasteiger partial charge in [-0.05, 0) is 61.7 Å². The van der Waals surface area contributed by atoms with Crippen LogP contribution < -0.4 is 5.32 Å². The van der Waals surface area contributed by atoms with E-state index in [1.54, 1.807) is 0 Å². The fourth-order valence-electron chi connectivity index (χ4n) is 4.41. The monoisotopic (exact) mass is 392 g/mol. The Morgan fingerprint density at radius 1 is 1.07 bits per heavy atom. The lowest BCUT2D eigenvalue weighted by Crippen LogP contribution is -2.14. The number of hydrogen-bond donors (Lipinski definition) is 1. The summed E-state index contributed by atoms with van der Waals surface area (Å²) in [5.74, 6) is 0.650. The van der Waals surface area contributed by atoms with Crippen molar-refractivity contribution in [1.29, 1.82) is 5.26 Å². The number of aromatic nitrogens is 2. The molecule has 0 radical (unpaired) electrons. The first-order chi connectivity index (χ1) is 14.7. The second-order valence-corrected chi connectivity index (χ2v) is 8.17. The first-order valence-electron chi connectivity index (χ1n) is 10.5. The van der Waals surface area contributed by atoms with E-state index in [-0.39, 0.29) is 0 Å². The predicted octanol–water partition coefficient (Wildman–Crippen LogP) is 5.16. The Balaban J connectivity index is 1.68. The van der Waals surface area contributed by atoms with Crippen LogP contribution in [0.3, 0.4) is 0 Å². The molecule has 1 aliphatic heterocycles. The number of fused-ring (bicyclic) bond motifs is 1. The Bertz CT molecular complexity index is 1220. The fourth-order valence-corrected chi connectivity index (χ4v) is 4.41. The van der Waals surface area contributed by atoms with Crippen molar-refractivity contribution in [3.05, 3.63) is 78.1 Å². The summed E-state index contributed by atoms with van der Waals surface area (Å²) >= 11 is 0. The van der Waals surface area contributed by atoms with Crippen LogP contribution >= 0.6 is 0 Å². The van der Waals surface area contributed by atoms with Gasteiger partial charge >= 0.3 is 0 Å². The van der Waals surface area contributed by atoms with Gasteiger partial charge in [0, 0.05) is 35.5 Å². The lowest BCUT2D eigenvalue weighted by atomic mass is 9.93. The summed E-state index contributed by atoms with van der Waals surface area (Å²) in [5.41, 5.74) is 7.50. The standard InChI is InChI=1S/C26H24N4/c1-18-2-6-21(7-3-18)24-16-29-26-23(11-13-30(26)17-20-10-12-28-15-20)25(24)22-8-4-19(14-27)5-9-22/h2-9,11,13,16,20,28H,10,12,15,17H2,1H3. The van der Waals surface area contributed by atoms with Crippen molar-refractivity contribution in [3.8, 4) is 28.3 Å². The molecular weight excluding hydrogens is 368 g/mol. The zero-order chi connectivity index (χ0) is 20.5. The molecule has 1 fully saturated rings. The molecule has 4 aromatic rings. The van der Waals surface area contributed by atoms with Gasteiger partial charge in [-0.25, -0.2) is 4.98 Å². The highest BCUT2D eigenvalue weighted by molar-refractivity contribution is 6.01. The molecule has 0 bridgehead atoms. The SMILES string of the molecule is Cc1ccc(-c2cnc3c(ccn3CC3CCNC3)c2-c2ccc(C#N)cc2)cc1. The van der Waals surface area contributed by atoms with Gasteiger partial charge in [-0.2, -0.15) is 5.26 Å². The molecule has 30 heavy (non-hydrogen) atoms. The number of benzene rings is 2. The molecule has 1 saturated heterocycles. The van der Waals surface area contributed by atoms with Crippen molar-refractivity contribution in [1.82, 2.24) is 14.9 Å². The lowest BCUT2D eigenvalue weighted by molar-refractivity contribution is 0.489. The van der Waals surface area contributed by atoms with Gasteiger partial charge in [0.25, 0.3) is 0 Å². The summed E-state index contributed by atoms with van der Waals surface area (Å²) in [7, 11) is 0. The van der Waals surface area contributed by atoms with Crippen LogP contribution in [0.1, 0.15) is 17.5 Å². The number of nitriles is 1. The minimum atomic E-state index is 0.650. The van der Waals surface area contributed by atoms with E-state index in [9.17, 15) is 5.26 Å². The third-order valence-corrected chi connectivity index (χ3v) is 6.07. The molecule has 4 nitrogen and oxygen atoms in total. The summed E-state index contributed by atoms with van der Waals surface area (Å²) in [6.45, 7) is 5.26. The summed E-state index contributed by atoms with van der Waals surface area (Å²) in [4.78, 5) is 4.89. The highest BCUT2D eigenvalue weighted by Gasteiger charge is 2.19. The number of nitrogens with zero attached hydrogens (tertiary/aromatic N) is 3. The number of aryl methyl sites for hydroxylation is 1. The van der Waals surface area contributed by atoms with Gasteiger partial charge in [0.05, 0.1) is 11.6 Å². The third-order valence-electron chi connectivity index (χ3n) is 6.07. The molecule has 1 unspecified atom stereocenters. The number of nitrogens with one attached hydrogen (secondary N) is 1. The maximum Gasteiger partial charge on any atom is 0.140 e. The normalized spacial score (nSPS) is 16.1. The fraction of sp³-hybridized carbons (Fsp3) is 0.231. The van der Waals surface area contributed by atoms with Gasteiger partial charge in [-0.3, -0.25) is 0 Å². The molecule has 0 aliphatic carbocycles. The number of hydrogen-bond acceptors (Lipinski definition) is 3. The smallest absolute Gasteiger partial charge is 0.140 e. The van der Waals surface area contributed by atoms with Crippen molar-refractivity contribution in [3.63, 3.8) is 0 Å². The van der Waals surface area contributed by atoms with E-state index >= 15 is 0 Å². The minimum Gasteiger partial charge on any atom is -0.332 e. The zero-order valence-electron chi connectivity index (χ0n) is 17.1. The van der Waals surface area contributed by atoms with Crippen LogP contribution in [0, 0.1) is 24.2 Å². The quantitative estimate of drug-likeness (QED) is 0.522. The molecule has 2 aromatic carbocycles. The summed E-state index contributed by atoms with van der Waals surface area (Å²) in [5, 5.41) is 13.8. The van der Waals surface area contributed by atoms with E-state index in [2.05, 4.69) is 59.4 Å². The first kappa shape index (κ1) is 18.6. The van der Waals surface area contributed by atoms with Crippen molar-refractivity contribution >= 4 is 11.0 Å². The maximum atomic E-state index is 9.20. The van der Waals surface area contributed by atoms with Crippen LogP contribution in [0.25, 0.3) is 33.3 Å². The topological polar surface area (TPSA) is 53.6 Å². The van der Waals surface area contributed by atoms with Crippen molar-refractivity contribution in [2.75, 3.05) is 13.1 Å². The highest BCUT2D eigenvalue weighted by atomic mass is 15.0. The van der Waals surface area contributed by atoms with Crippen LogP contribution in [0.2, 0.25) is 0 Å². The van der Waals surface area contributed by atoms with E-state index in [0.717, 1.165) is 47.4 Å². The predicted molar refractivity (Wildman–Crippen MR) is 121 cm³/mol. The third kappa shape index (κ3) is 3.38. The van der Waals surface area contributed by atoms with Gasteiger partial charge < -0.3 is 9.88 Å². The molecule has 5 rings (SSSR count). The molecule has 3 heterocycles. The Morgan fingerprint density at radius 3 is 2.53 bits per heavy atom. The average Bonchev–Trinajstić information content (AvgIpc) is 3.44. The zero-order valence-corrected chi connectivity index (χ0v) is 17.1. The molecular formula is C26H24N4. The van der Waals surface area contributed by atoms with Crippen molar-refractivity contribution < 1.29 is 0 Å². The summed E-state index contributed by atoms with van der Waals surface area (Å²) in [6.07, 6.45) is 5.38. The molecule has 0 saturated carbocycles. The Labute approximate surface area is 176 Å². The lowest BCUT2D eigenvalue weighted by Gasteiger charge is -2.14. The largest absolute Gasteiger partial charge is 0.332 e. The van der Waals surface area contributed by atoms with Gasteiger partial charge in [-0.15, -0.1) is 0 Å². The second-order valence-electron chi connectivity index (χ2n) is 8.17. The van der Waals surface area contributed by atoms with Crippen LogP contribution in [0.4, 0.5) is 0 Å². The molecule has 1 N–H and O–H groups in total. The van der Waals surface area contributed by atoms with Gasteiger partial charge in [0.15, 0.2) is 0 Å². The molecule has 2 aromatic heterocycles. The van der Waals surface area contributed by atoms with Gasteiger partial charge in [-0.1, -0.05) is 42.0 Å². The molecule has 1 atom stereocenters. The van der Waals surface area contributed by atoms with Crippen LogP contribution in [0.15, 0.2) is 67.0 Å². The molecule has 148 valence electrons.